The molecule has 0 spiro atoms. The maximum absolute atomic E-state index is 11.7. The van der Waals surface area contributed by atoms with Crippen molar-refractivity contribution in [3.63, 3.8) is 0 Å². The lowest BCUT2D eigenvalue weighted by Gasteiger charge is -2.13. The summed E-state index contributed by atoms with van der Waals surface area (Å²) in [6.07, 6.45) is 0. The molecule has 1 unspecified atom stereocenters. The number of nitrogens with one attached hydrogen (secondary N) is 1. The predicted octanol–water partition coefficient (Wildman–Crippen LogP) is 0.329. The third kappa shape index (κ3) is 4.82. The first-order valence-corrected chi connectivity index (χ1v) is 6.85. The van der Waals surface area contributed by atoms with Gasteiger partial charge in [-0.1, -0.05) is 18.2 Å². The van der Waals surface area contributed by atoms with Gasteiger partial charge in [0, 0.05) is 19.1 Å². The smallest absolute Gasteiger partial charge is 0.297 e. The molecule has 0 aromatic heterocycles. The first-order chi connectivity index (χ1) is 8.06. The Kier molecular flexibility index (Phi) is 5.57. The van der Waals surface area contributed by atoms with Crippen molar-refractivity contribution >= 4 is 10.1 Å². The normalized spacial score (nSPS) is 13.5. The fourth-order valence-corrected chi connectivity index (χ4v) is 2.25. The van der Waals surface area contributed by atoms with E-state index in [0.29, 0.717) is 13.1 Å². The number of nitrogens with two attached hydrogens (primary N) is 1. The van der Waals surface area contributed by atoms with E-state index in [1.807, 2.05) is 6.92 Å². The average molecular weight is 258 g/mol. The zero-order valence-corrected chi connectivity index (χ0v) is 10.6. The van der Waals surface area contributed by atoms with Crippen LogP contribution in [0.5, 0.6) is 0 Å². The molecule has 3 N–H and O–H groups in total. The van der Waals surface area contributed by atoms with Crippen LogP contribution in [0.25, 0.3) is 0 Å². The van der Waals surface area contributed by atoms with E-state index in [0.717, 1.165) is 0 Å². The quantitative estimate of drug-likeness (QED) is 0.689. The Morgan fingerprint density at radius 1 is 1.35 bits per heavy atom. The molecular weight excluding hydrogens is 240 g/mol. The Labute approximate surface area is 102 Å². The predicted molar refractivity (Wildman–Crippen MR) is 66.1 cm³/mol. The van der Waals surface area contributed by atoms with E-state index in [1.54, 1.807) is 18.2 Å². The van der Waals surface area contributed by atoms with E-state index < -0.39 is 10.1 Å². The average Bonchev–Trinajstić information content (AvgIpc) is 2.35. The summed E-state index contributed by atoms with van der Waals surface area (Å²) in [5.41, 5.74) is 5.33. The lowest BCUT2D eigenvalue weighted by Crippen LogP contribution is -2.35. The van der Waals surface area contributed by atoms with E-state index in [9.17, 15) is 8.42 Å². The maximum Gasteiger partial charge on any atom is 0.297 e. The molecule has 0 aliphatic heterocycles. The van der Waals surface area contributed by atoms with Crippen molar-refractivity contribution < 1.29 is 12.6 Å². The van der Waals surface area contributed by atoms with Gasteiger partial charge in [-0.3, -0.25) is 4.18 Å². The van der Waals surface area contributed by atoms with E-state index >= 15 is 0 Å². The highest BCUT2D eigenvalue weighted by Crippen LogP contribution is 2.11. The Morgan fingerprint density at radius 2 is 2.00 bits per heavy atom. The van der Waals surface area contributed by atoms with E-state index in [1.165, 1.54) is 12.1 Å². The van der Waals surface area contributed by atoms with Gasteiger partial charge in [-0.15, -0.1) is 0 Å². The van der Waals surface area contributed by atoms with Gasteiger partial charge >= 0.3 is 0 Å². The van der Waals surface area contributed by atoms with E-state index in [2.05, 4.69) is 5.32 Å². The summed E-state index contributed by atoms with van der Waals surface area (Å²) >= 11 is 0. The molecule has 1 aromatic rings. The molecule has 0 heterocycles. The van der Waals surface area contributed by atoms with Gasteiger partial charge in [0.25, 0.3) is 10.1 Å². The van der Waals surface area contributed by atoms with Crippen LogP contribution in [0.15, 0.2) is 35.2 Å². The fourth-order valence-electron chi connectivity index (χ4n) is 1.24. The molecule has 0 bridgehead atoms. The molecule has 17 heavy (non-hydrogen) atoms. The zero-order valence-electron chi connectivity index (χ0n) is 9.80. The summed E-state index contributed by atoms with van der Waals surface area (Å²) in [6.45, 7) is 3.08. The fraction of sp³-hybridized carbons (Fsp3) is 0.455. The van der Waals surface area contributed by atoms with Crippen molar-refractivity contribution in [1.29, 1.82) is 0 Å². The molecule has 1 aromatic carbocycles. The van der Waals surface area contributed by atoms with Crippen molar-refractivity contribution in [2.45, 2.75) is 17.9 Å². The largest absolute Gasteiger partial charge is 0.329 e. The van der Waals surface area contributed by atoms with Crippen LogP contribution in [0.4, 0.5) is 0 Å². The van der Waals surface area contributed by atoms with Gasteiger partial charge < -0.3 is 11.1 Å². The van der Waals surface area contributed by atoms with Crippen LogP contribution in [-0.4, -0.2) is 34.2 Å². The summed E-state index contributed by atoms with van der Waals surface area (Å²) in [4.78, 5) is 0.172. The Balaban J connectivity index is 2.51. The Morgan fingerprint density at radius 3 is 2.59 bits per heavy atom. The second-order valence-electron chi connectivity index (χ2n) is 3.70. The minimum Gasteiger partial charge on any atom is -0.329 e. The molecule has 0 saturated heterocycles. The summed E-state index contributed by atoms with van der Waals surface area (Å²) in [6, 6.07) is 8.03. The number of hydrogen-bond acceptors (Lipinski definition) is 5. The molecule has 0 fully saturated rings. The van der Waals surface area contributed by atoms with Crippen LogP contribution in [0.3, 0.4) is 0 Å². The lowest BCUT2D eigenvalue weighted by atomic mass is 10.4. The first-order valence-electron chi connectivity index (χ1n) is 5.44. The third-order valence-electron chi connectivity index (χ3n) is 2.14. The van der Waals surface area contributed by atoms with Gasteiger partial charge in [0.1, 0.15) is 0 Å². The third-order valence-corrected chi connectivity index (χ3v) is 3.44. The highest BCUT2D eigenvalue weighted by atomic mass is 32.2. The molecule has 5 nitrogen and oxygen atoms in total. The van der Waals surface area contributed by atoms with Gasteiger partial charge in [0.2, 0.25) is 0 Å². The van der Waals surface area contributed by atoms with Gasteiger partial charge in [0.05, 0.1) is 11.5 Å². The summed E-state index contributed by atoms with van der Waals surface area (Å²) in [5.74, 6) is 0. The maximum atomic E-state index is 11.7. The van der Waals surface area contributed by atoms with Crippen molar-refractivity contribution in [3.05, 3.63) is 30.3 Å². The standard InChI is InChI=1S/C11H18N2O3S/c1-10(13-8-7-12)9-16-17(14,15)11-5-3-2-4-6-11/h2-6,10,13H,7-9,12H2,1H3. The molecule has 0 aliphatic carbocycles. The number of benzene rings is 1. The van der Waals surface area contributed by atoms with Crippen molar-refractivity contribution in [3.8, 4) is 0 Å². The van der Waals surface area contributed by atoms with Crippen LogP contribution >= 0.6 is 0 Å². The summed E-state index contributed by atoms with van der Waals surface area (Å²) in [7, 11) is -3.65. The molecule has 6 heteroatoms. The minimum atomic E-state index is -3.65. The summed E-state index contributed by atoms with van der Waals surface area (Å²) < 4.78 is 28.4. The SMILES string of the molecule is CC(COS(=O)(=O)c1ccccc1)NCCN. The molecular formula is C11H18N2O3S. The molecule has 1 rings (SSSR count). The molecule has 0 radical (unpaired) electrons. The Bertz CT molecular complexity index is 420. The summed E-state index contributed by atoms with van der Waals surface area (Å²) in [5, 5.41) is 3.04. The van der Waals surface area contributed by atoms with Crippen molar-refractivity contribution in [1.82, 2.24) is 5.32 Å². The van der Waals surface area contributed by atoms with Crippen molar-refractivity contribution in [2.24, 2.45) is 5.73 Å². The monoisotopic (exact) mass is 258 g/mol. The van der Waals surface area contributed by atoms with E-state index in [-0.39, 0.29) is 17.5 Å². The number of rotatable bonds is 7. The van der Waals surface area contributed by atoms with Crippen LogP contribution in [-0.2, 0) is 14.3 Å². The first kappa shape index (κ1) is 14.1. The highest BCUT2D eigenvalue weighted by molar-refractivity contribution is 7.86. The molecule has 1 atom stereocenters. The van der Waals surface area contributed by atoms with Gasteiger partial charge in [0.15, 0.2) is 0 Å². The van der Waals surface area contributed by atoms with Crippen LogP contribution < -0.4 is 11.1 Å². The molecule has 0 amide bonds. The van der Waals surface area contributed by atoms with E-state index in [4.69, 9.17) is 9.92 Å². The van der Waals surface area contributed by atoms with Gasteiger partial charge in [-0.05, 0) is 19.1 Å². The topological polar surface area (TPSA) is 81.4 Å². The van der Waals surface area contributed by atoms with Crippen LogP contribution in [0.1, 0.15) is 6.92 Å². The van der Waals surface area contributed by atoms with Crippen molar-refractivity contribution in [2.75, 3.05) is 19.7 Å². The zero-order chi connectivity index (χ0) is 12.7. The lowest BCUT2D eigenvalue weighted by molar-refractivity contribution is 0.278. The minimum absolute atomic E-state index is 0.0583. The van der Waals surface area contributed by atoms with Gasteiger partial charge in [-0.25, -0.2) is 0 Å². The number of hydrogen-bond donors (Lipinski definition) is 2. The highest BCUT2D eigenvalue weighted by Gasteiger charge is 2.15. The molecule has 96 valence electrons. The molecule has 0 aliphatic rings. The second kappa shape index (κ2) is 6.70. The molecule has 0 saturated carbocycles. The van der Waals surface area contributed by atoms with Gasteiger partial charge in [-0.2, -0.15) is 8.42 Å². The van der Waals surface area contributed by atoms with Crippen LogP contribution in [0.2, 0.25) is 0 Å². The Hall–Kier alpha value is -0.950. The second-order valence-corrected chi connectivity index (χ2v) is 5.31. The van der Waals surface area contributed by atoms with Crippen LogP contribution in [0, 0.1) is 0 Å².